The molecule has 0 aliphatic carbocycles. The number of aromatic nitrogens is 1. The number of carbonyl (C=O) groups is 1. The molecule has 8 nitrogen and oxygen atoms in total. The molecule has 1 aromatic rings. The van der Waals surface area contributed by atoms with Crippen LogP contribution < -0.4 is 22.3 Å². The summed E-state index contributed by atoms with van der Waals surface area (Å²) in [5.74, 6) is -0.478. The van der Waals surface area contributed by atoms with Crippen molar-refractivity contribution in [3.8, 4) is 0 Å². The van der Waals surface area contributed by atoms with E-state index in [4.69, 9.17) is 11.5 Å². The molecule has 1 aromatic heterocycles. The molecular weight excluding hydrogens is 238 g/mol. The van der Waals surface area contributed by atoms with Gasteiger partial charge in [0.15, 0.2) is 0 Å². The van der Waals surface area contributed by atoms with E-state index in [9.17, 15) is 9.59 Å². The van der Waals surface area contributed by atoms with E-state index < -0.39 is 0 Å². The lowest BCUT2D eigenvalue weighted by molar-refractivity contribution is -0.121. The van der Waals surface area contributed by atoms with Crippen LogP contribution in [0.25, 0.3) is 0 Å². The summed E-state index contributed by atoms with van der Waals surface area (Å²) in [5, 5.41) is 5.84. The maximum atomic E-state index is 11.5. The molecule has 0 radical (unpaired) electrons. The second-order valence-corrected chi connectivity index (χ2v) is 3.37. The molecule has 5 N–H and O–H groups in total. The molecular formula is C10H15N5O3. The number of hydrogen-bond donors (Lipinski definition) is 3. The van der Waals surface area contributed by atoms with Gasteiger partial charge in [-0.1, -0.05) is 6.07 Å². The summed E-state index contributed by atoms with van der Waals surface area (Å²) in [5.41, 5.74) is 9.83. The van der Waals surface area contributed by atoms with Gasteiger partial charge in [0, 0.05) is 12.3 Å². The zero-order valence-corrected chi connectivity index (χ0v) is 9.70. The van der Waals surface area contributed by atoms with Gasteiger partial charge in [0.25, 0.3) is 5.56 Å². The largest absolute Gasteiger partial charge is 0.391 e. The van der Waals surface area contributed by atoms with Crippen LogP contribution in [0.1, 0.15) is 0 Å². The highest BCUT2D eigenvalue weighted by molar-refractivity contribution is 5.75. The molecule has 8 heteroatoms. The molecule has 1 heterocycles. The number of hydrogen-bond acceptors (Lipinski definition) is 4. The summed E-state index contributed by atoms with van der Waals surface area (Å²) in [7, 11) is 0. The van der Waals surface area contributed by atoms with Gasteiger partial charge in [-0.05, 0) is 11.2 Å². The van der Waals surface area contributed by atoms with Crippen LogP contribution in [0.5, 0.6) is 0 Å². The molecule has 0 aromatic carbocycles. The van der Waals surface area contributed by atoms with Gasteiger partial charge >= 0.3 is 0 Å². The number of nitrogens with zero attached hydrogens (tertiary/aromatic N) is 2. The zero-order chi connectivity index (χ0) is 13.4. The number of pyridine rings is 1. The molecule has 0 fully saturated rings. The highest BCUT2D eigenvalue weighted by Gasteiger charge is 2.02. The molecule has 1 amide bonds. The fraction of sp³-hybridized carbons (Fsp3) is 0.300. The average Bonchev–Trinajstić information content (AvgIpc) is 2.31. The number of amides is 1. The van der Waals surface area contributed by atoms with Crippen LogP contribution >= 0.6 is 0 Å². The quantitative estimate of drug-likeness (QED) is 0.238. The highest BCUT2D eigenvalue weighted by atomic mass is 16.6. The van der Waals surface area contributed by atoms with E-state index in [-0.39, 0.29) is 37.1 Å². The predicted octanol–water partition coefficient (Wildman–Crippen LogP) is -1.83. The Morgan fingerprint density at radius 2 is 2.22 bits per heavy atom. The minimum atomic E-state index is -0.295. The number of nitrogens with two attached hydrogens (primary N) is 2. The lowest BCUT2D eigenvalue weighted by Gasteiger charge is -2.06. The van der Waals surface area contributed by atoms with Gasteiger partial charge in [-0.25, -0.2) is 0 Å². The first-order valence-electron chi connectivity index (χ1n) is 5.22. The van der Waals surface area contributed by atoms with Crippen molar-refractivity contribution in [1.29, 1.82) is 0 Å². The first-order valence-corrected chi connectivity index (χ1v) is 5.22. The number of oxime groups is 1. The zero-order valence-electron chi connectivity index (χ0n) is 9.70. The molecule has 0 aliphatic heterocycles. The lowest BCUT2D eigenvalue weighted by Crippen LogP contribution is -2.33. The van der Waals surface area contributed by atoms with Gasteiger partial charge in [-0.2, -0.15) is 0 Å². The topological polar surface area (TPSA) is 125 Å². The molecule has 0 bridgehead atoms. The highest BCUT2D eigenvalue weighted by Crippen LogP contribution is 1.82. The van der Waals surface area contributed by atoms with Gasteiger partial charge in [0.2, 0.25) is 11.9 Å². The van der Waals surface area contributed by atoms with E-state index in [0.29, 0.717) is 0 Å². The molecule has 18 heavy (non-hydrogen) atoms. The van der Waals surface area contributed by atoms with Gasteiger partial charge in [-0.15, -0.1) is 0 Å². The lowest BCUT2D eigenvalue weighted by atomic mass is 10.4. The minimum Gasteiger partial charge on any atom is -0.391 e. The van der Waals surface area contributed by atoms with E-state index in [0.717, 1.165) is 0 Å². The molecule has 0 saturated carbocycles. The Balaban J connectivity index is 2.28. The van der Waals surface area contributed by atoms with E-state index in [2.05, 4.69) is 15.3 Å². The Morgan fingerprint density at radius 1 is 1.44 bits per heavy atom. The van der Waals surface area contributed by atoms with Gasteiger partial charge < -0.3 is 26.2 Å². The first kappa shape index (κ1) is 13.6. The number of carbonyl (C=O) groups excluding carboxylic acids is 1. The fourth-order valence-electron chi connectivity index (χ4n) is 1.16. The van der Waals surface area contributed by atoms with Crippen molar-refractivity contribution in [1.82, 2.24) is 9.88 Å². The predicted molar refractivity (Wildman–Crippen MR) is 65.5 cm³/mol. The van der Waals surface area contributed by atoms with Crippen LogP contribution in [-0.4, -0.2) is 29.6 Å². The third-order valence-corrected chi connectivity index (χ3v) is 1.90. The molecule has 0 spiro atoms. The Kier molecular flexibility index (Phi) is 5.23. The van der Waals surface area contributed by atoms with Crippen LogP contribution in [0.15, 0.2) is 34.3 Å². The van der Waals surface area contributed by atoms with E-state index in [1.54, 1.807) is 12.1 Å². The number of guanidine groups is 1. The molecule has 1 rings (SSSR count). The second kappa shape index (κ2) is 6.94. The standard InChI is InChI=1S/C10H15N5O3/c11-10(12)14-18-6-4-13-8(16)7-15-5-2-1-3-9(15)17/h1-3,5H,4,6-7H2,(H,13,16)(H4,11,12,14). The molecule has 0 atom stereocenters. The van der Waals surface area contributed by atoms with E-state index >= 15 is 0 Å². The summed E-state index contributed by atoms with van der Waals surface area (Å²) < 4.78 is 1.30. The summed E-state index contributed by atoms with van der Waals surface area (Å²) >= 11 is 0. The van der Waals surface area contributed by atoms with Crippen molar-refractivity contribution in [2.24, 2.45) is 16.6 Å². The average molecular weight is 253 g/mol. The van der Waals surface area contributed by atoms with Crippen molar-refractivity contribution in [3.05, 3.63) is 34.7 Å². The molecule has 0 saturated heterocycles. The van der Waals surface area contributed by atoms with Crippen molar-refractivity contribution < 1.29 is 9.63 Å². The maximum absolute atomic E-state index is 11.5. The monoisotopic (exact) mass is 253 g/mol. The maximum Gasteiger partial charge on any atom is 0.250 e. The third kappa shape index (κ3) is 5.01. The Morgan fingerprint density at radius 3 is 2.89 bits per heavy atom. The number of nitrogens with one attached hydrogen (secondary N) is 1. The van der Waals surface area contributed by atoms with Crippen LogP contribution in [0.2, 0.25) is 0 Å². The van der Waals surface area contributed by atoms with Crippen LogP contribution in [0, 0.1) is 0 Å². The first-order chi connectivity index (χ1) is 8.59. The number of rotatable bonds is 6. The second-order valence-electron chi connectivity index (χ2n) is 3.37. The van der Waals surface area contributed by atoms with Crippen molar-refractivity contribution >= 4 is 11.9 Å². The van der Waals surface area contributed by atoms with E-state index in [1.165, 1.54) is 16.8 Å². The van der Waals surface area contributed by atoms with Crippen LogP contribution in [-0.2, 0) is 16.2 Å². The summed E-state index contributed by atoms with van der Waals surface area (Å²) in [6.07, 6.45) is 1.54. The third-order valence-electron chi connectivity index (χ3n) is 1.90. The summed E-state index contributed by atoms with van der Waals surface area (Å²) in [6.45, 7) is 0.354. The van der Waals surface area contributed by atoms with Crippen LogP contribution in [0.3, 0.4) is 0 Å². The van der Waals surface area contributed by atoms with Gasteiger partial charge in [-0.3, -0.25) is 9.59 Å². The Labute approximate surface area is 103 Å². The molecule has 98 valence electrons. The Hall–Kier alpha value is -2.51. The Bertz CT molecular complexity index is 478. The van der Waals surface area contributed by atoms with Crippen molar-refractivity contribution in [2.75, 3.05) is 13.2 Å². The normalized spacial score (nSPS) is 9.56. The van der Waals surface area contributed by atoms with Gasteiger partial charge in [0.1, 0.15) is 13.2 Å². The van der Waals surface area contributed by atoms with Crippen molar-refractivity contribution in [2.45, 2.75) is 6.54 Å². The smallest absolute Gasteiger partial charge is 0.250 e. The fourth-order valence-corrected chi connectivity index (χ4v) is 1.16. The molecule has 0 aliphatic rings. The van der Waals surface area contributed by atoms with Gasteiger partial charge in [0.05, 0.1) is 6.54 Å². The summed E-state index contributed by atoms with van der Waals surface area (Å²) in [4.78, 5) is 27.4. The van der Waals surface area contributed by atoms with Crippen molar-refractivity contribution in [3.63, 3.8) is 0 Å². The minimum absolute atomic E-state index is 0.0397. The van der Waals surface area contributed by atoms with Crippen LogP contribution in [0.4, 0.5) is 0 Å². The molecule has 0 unspecified atom stereocenters. The summed E-state index contributed by atoms with van der Waals surface area (Å²) in [6, 6.07) is 4.67. The van der Waals surface area contributed by atoms with E-state index in [1.807, 2.05) is 0 Å². The SMILES string of the molecule is NC(N)=NOCCNC(=O)Cn1ccccc1=O.